The molecule has 1 aromatic heterocycles. The van der Waals surface area contributed by atoms with Gasteiger partial charge in [-0.25, -0.2) is 13.4 Å². The van der Waals surface area contributed by atoms with Crippen molar-refractivity contribution in [1.82, 2.24) is 4.98 Å². The van der Waals surface area contributed by atoms with E-state index >= 15 is 0 Å². The van der Waals surface area contributed by atoms with Crippen LogP contribution in [0, 0.1) is 0 Å². The molecule has 1 fully saturated rings. The third-order valence-corrected chi connectivity index (χ3v) is 6.21. The number of carbonyl (C=O) groups excluding carboxylic acids is 1. The van der Waals surface area contributed by atoms with Crippen LogP contribution in [0.2, 0.25) is 10.0 Å². The maximum Gasteiger partial charge on any atom is 0.258 e. The van der Waals surface area contributed by atoms with Crippen LogP contribution in [-0.4, -0.2) is 31.6 Å². The van der Waals surface area contributed by atoms with Crippen molar-refractivity contribution in [2.24, 2.45) is 0 Å². The molecule has 6 nitrogen and oxygen atoms in total. The largest absolute Gasteiger partial charge is 0.307 e. The fraction of sp³-hybridized carbons (Fsp3) is 0.250. The molecule has 1 aliphatic rings. The number of sulfonamides is 1. The molecule has 1 amide bonds. The van der Waals surface area contributed by atoms with Crippen LogP contribution in [0.25, 0.3) is 0 Å². The first-order chi connectivity index (χ1) is 11.9. The molecule has 9 heteroatoms. The molecule has 2 aromatic rings. The van der Waals surface area contributed by atoms with E-state index in [2.05, 4.69) is 10.3 Å². The summed E-state index contributed by atoms with van der Waals surface area (Å²) < 4.78 is 25.7. The monoisotopic (exact) mass is 399 g/mol. The molecule has 1 N–H and O–H groups in total. The summed E-state index contributed by atoms with van der Waals surface area (Å²) in [4.78, 5) is 16.3. The molecule has 1 saturated heterocycles. The Kier molecular flexibility index (Phi) is 5.17. The summed E-state index contributed by atoms with van der Waals surface area (Å²) in [5.74, 6) is 0.0239. The predicted molar refractivity (Wildman–Crippen MR) is 99.0 cm³/mol. The fourth-order valence-electron chi connectivity index (χ4n) is 2.56. The zero-order chi connectivity index (χ0) is 18.0. The SMILES string of the molecule is O=C(Nc1ccc(Cl)cn1)c1ccc(N2CCCCS2(=O)=O)cc1Cl. The van der Waals surface area contributed by atoms with Crippen molar-refractivity contribution in [2.75, 3.05) is 21.9 Å². The summed E-state index contributed by atoms with van der Waals surface area (Å²) in [5, 5.41) is 3.25. The lowest BCUT2D eigenvalue weighted by Crippen LogP contribution is -2.37. The summed E-state index contributed by atoms with van der Waals surface area (Å²) in [6.45, 7) is 0.416. The number of carbonyl (C=O) groups is 1. The summed E-state index contributed by atoms with van der Waals surface area (Å²) in [5.41, 5.74) is 0.697. The molecule has 25 heavy (non-hydrogen) atoms. The molecular weight excluding hydrogens is 385 g/mol. The highest BCUT2D eigenvalue weighted by atomic mass is 35.5. The van der Waals surface area contributed by atoms with Crippen LogP contribution in [0.3, 0.4) is 0 Å². The Bertz CT molecular complexity index is 901. The van der Waals surface area contributed by atoms with E-state index in [0.29, 0.717) is 29.5 Å². The Hall–Kier alpha value is -1.83. The minimum Gasteiger partial charge on any atom is -0.307 e. The van der Waals surface area contributed by atoms with E-state index in [1.807, 2.05) is 0 Å². The Balaban J connectivity index is 1.82. The lowest BCUT2D eigenvalue weighted by Gasteiger charge is -2.28. The highest BCUT2D eigenvalue weighted by molar-refractivity contribution is 7.92. The van der Waals surface area contributed by atoms with E-state index < -0.39 is 15.9 Å². The van der Waals surface area contributed by atoms with E-state index in [1.165, 1.54) is 22.6 Å². The van der Waals surface area contributed by atoms with Crippen LogP contribution in [-0.2, 0) is 10.0 Å². The van der Waals surface area contributed by atoms with Gasteiger partial charge in [0.05, 0.1) is 27.0 Å². The Morgan fingerprint density at radius 1 is 1.16 bits per heavy atom. The number of nitrogens with zero attached hydrogens (tertiary/aromatic N) is 2. The zero-order valence-electron chi connectivity index (χ0n) is 13.1. The first kappa shape index (κ1) is 18.0. The van der Waals surface area contributed by atoms with Crippen molar-refractivity contribution < 1.29 is 13.2 Å². The summed E-state index contributed by atoms with van der Waals surface area (Å²) in [6, 6.07) is 7.76. The second-order valence-electron chi connectivity index (χ2n) is 5.58. The average Bonchev–Trinajstić information content (AvgIpc) is 2.56. The average molecular weight is 400 g/mol. The zero-order valence-corrected chi connectivity index (χ0v) is 15.4. The third-order valence-electron chi connectivity index (χ3n) is 3.80. The lowest BCUT2D eigenvalue weighted by atomic mass is 10.2. The molecule has 0 saturated carbocycles. The number of hydrogen-bond donors (Lipinski definition) is 1. The van der Waals surface area contributed by atoms with Gasteiger partial charge < -0.3 is 5.32 Å². The van der Waals surface area contributed by atoms with Crippen LogP contribution < -0.4 is 9.62 Å². The predicted octanol–water partition coefficient (Wildman–Crippen LogP) is 3.57. The minimum atomic E-state index is -3.33. The Morgan fingerprint density at radius 2 is 1.96 bits per heavy atom. The van der Waals surface area contributed by atoms with Crippen molar-refractivity contribution >= 4 is 50.6 Å². The van der Waals surface area contributed by atoms with Gasteiger partial charge in [0.25, 0.3) is 5.91 Å². The van der Waals surface area contributed by atoms with Gasteiger partial charge in [-0.3, -0.25) is 9.10 Å². The minimum absolute atomic E-state index is 0.120. The molecule has 0 aliphatic carbocycles. The van der Waals surface area contributed by atoms with Gasteiger partial charge >= 0.3 is 0 Å². The number of hydrogen-bond acceptors (Lipinski definition) is 4. The molecule has 3 rings (SSSR count). The normalized spacial score (nSPS) is 16.5. The van der Waals surface area contributed by atoms with Crippen molar-refractivity contribution in [3.8, 4) is 0 Å². The van der Waals surface area contributed by atoms with Crippen molar-refractivity contribution in [1.29, 1.82) is 0 Å². The standard InChI is InChI=1S/C16H15Cl2N3O3S/c17-11-3-6-15(19-10-11)20-16(22)13-5-4-12(9-14(13)18)21-7-1-2-8-25(21,23)24/h3-6,9-10H,1-2,7-8H2,(H,19,20,22). The lowest BCUT2D eigenvalue weighted by molar-refractivity contribution is 0.102. The van der Waals surface area contributed by atoms with Crippen molar-refractivity contribution in [3.05, 3.63) is 52.1 Å². The second kappa shape index (κ2) is 7.19. The van der Waals surface area contributed by atoms with E-state index in [9.17, 15) is 13.2 Å². The Labute approximate surface area is 155 Å². The van der Waals surface area contributed by atoms with Crippen LogP contribution >= 0.6 is 23.2 Å². The molecular formula is C16H15Cl2N3O3S. The molecule has 0 unspecified atom stereocenters. The topological polar surface area (TPSA) is 79.4 Å². The summed E-state index contributed by atoms with van der Waals surface area (Å²) >= 11 is 12.0. The second-order valence-corrected chi connectivity index (χ2v) is 8.43. The van der Waals surface area contributed by atoms with Crippen LogP contribution in [0.15, 0.2) is 36.5 Å². The van der Waals surface area contributed by atoms with Gasteiger partial charge in [0.15, 0.2) is 0 Å². The molecule has 1 aromatic carbocycles. The van der Waals surface area contributed by atoms with Crippen LogP contribution in [0.1, 0.15) is 23.2 Å². The van der Waals surface area contributed by atoms with Crippen molar-refractivity contribution in [2.45, 2.75) is 12.8 Å². The van der Waals surface area contributed by atoms with Gasteiger partial charge in [-0.1, -0.05) is 23.2 Å². The maximum absolute atomic E-state index is 12.3. The number of nitrogens with one attached hydrogen (secondary N) is 1. The molecule has 132 valence electrons. The molecule has 0 atom stereocenters. The third kappa shape index (κ3) is 4.05. The molecule has 0 radical (unpaired) electrons. The van der Waals surface area contributed by atoms with E-state index in [-0.39, 0.29) is 16.3 Å². The fourth-order valence-corrected chi connectivity index (χ4v) is 4.56. The number of anilines is 2. The van der Waals surface area contributed by atoms with E-state index in [0.717, 1.165) is 6.42 Å². The van der Waals surface area contributed by atoms with Crippen molar-refractivity contribution in [3.63, 3.8) is 0 Å². The molecule has 0 spiro atoms. The van der Waals surface area contributed by atoms with E-state index in [4.69, 9.17) is 23.2 Å². The van der Waals surface area contributed by atoms with Gasteiger partial charge in [-0.15, -0.1) is 0 Å². The molecule has 2 heterocycles. The number of benzene rings is 1. The van der Waals surface area contributed by atoms with Gasteiger partial charge in [0.1, 0.15) is 5.82 Å². The van der Waals surface area contributed by atoms with E-state index in [1.54, 1.807) is 18.2 Å². The van der Waals surface area contributed by atoms with Crippen LogP contribution in [0.5, 0.6) is 0 Å². The summed E-state index contributed by atoms with van der Waals surface area (Å²) in [6.07, 6.45) is 2.87. The first-order valence-electron chi connectivity index (χ1n) is 7.60. The quantitative estimate of drug-likeness (QED) is 0.855. The number of aromatic nitrogens is 1. The Morgan fingerprint density at radius 3 is 2.60 bits per heavy atom. The number of pyridine rings is 1. The van der Waals surface area contributed by atoms with Gasteiger partial charge in [-0.2, -0.15) is 0 Å². The maximum atomic E-state index is 12.3. The van der Waals surface area contributed by atoms with Gasteiger partial charge in [0.2, 0.25) is 10.0 Å². The smallest absolute Gasteiger partial charge is 0.258 e. The number of amides is 1. The first-order valence-corrected chi connectivity index (χ1v) is 9.96. The van der Waals surface area contributed by atoms with Crippen LogP contribution in [0.4, 0.5) is 11.5 Å². The van der Waals surface area contributed by atoms with Gasteiger partial charge in [-0.05, 0) is 43.2 Å². The molecule has 1 aliphatic heterocycles. The summed E-state index contributed by atoms with van der Waals surface area (Å²) in [7, 11) is -3.33. The highest BCUT2D eigenvalue weighted by Gasteiger charge is 2.26. The van der Waals surface area contributed by atoms with Gasteiger partial charge in [0, 0.05) is 12.7 Å². The molecule has 0 bridgehead atoms. The number of halogens is 2. The highest BCUT2D eigenvalue weighted by Crippen LogP contribution is 2.28. The number of rotatable bonds is 3.